The summed E-state index contributed by atoms with van der Waals surface area (Å²) in [4.78, 5) is 23.1. The summed E-state index contributed by atoms with van der Waals surface area (Å²) in [5.74, 6) is -1.56. The van der Waals surface area contributed by atoms with E-state index in [1.54, 1.807) is 36.2 Å². The van der Waals surface area contributed by atoms with Crippen molar-refractivity contribution in [3.63, 3.8) is 0 Å². The Kier molecular flexibility index (Phi) is 5.50. The monoisotopic (exact) mass is 409 g/mol. The highest BCUT2D eigenvalue weighted by atomic mass is 32.1. The van der Waals surface area contributed by atoms with E-state index in [0.29, 0.717) is 30.0 Å². The maximum Gasteiger partial charge on any atom is 0.453 e. The van der Waals surface area contributed by atoms with Crippen LogP contribution in [-0.4, -0.2) is 36.9 Å². The van der Waals surface area contributed by atoms with E-state index in [1.807, 2.05) is 17.5 Å². The summed E-state index contributed by atoms with van der Waals surface area (Å²) in [5.41, 5.74) is 1.40. The molecule has 0 aliphatic carbocycles. The van der Waals surface area contributed by atoms with E-state index in [-0.39, 0.29) is 18.1 Å². The number of rotatable bonds is 6. The molecule has 3 aromatic heterocycles. The van der Waals surface area contributed by atoms with Gasteiger partial charge in [-0.05, 0) is 25.3 Å². The van der Waals surface area contributed by atoms with Gasteiger partial charge in [-0.2, -0.15) is 18.2 Å². The summed E-state index contributed by atoms with van der Waals surface area (Å²) in [5, 5.41) is 5.44. The summed E-state index contributed by atoms with van der Waals surface area (Å²) in [7, 11) is 0. The molecule has 10 heteroatoms. The number of aromatic nitrogens is 4. The number of nitrogens with zero attached hydrogens (tertiary/aromatic N) is 5. The second-order valence-corrected chi connectivity index (χ2v) is 7.26. The third-order valence-corrected chi connectivity index (χ3v) is 5.12. The molecule has 3 rings (SSSR count). The Hall–Kier alpha value is -2.75. The van der Waals surface area contributed by atoms with E-state index >= 15 is 0 Å². The SMILES string of the molecule is C=CCN(Cc1cccs1)C(=O)Cc1c(C)nc2nc(C(F)(F)F)nn2c1C. The van der Waals surface area contributed by atoms with Gasteiger partial charge in [0, 0.05) is 28.4 Å². The predicted molar refractivity (Wildman–Crippen MR) is 98.9 cm³/mol. The quantitative estimate of drug-likeness (QED) is 0.584. The van der Waals surface area contributed by atoms with Crippen LogP contribution in [0.1, 0.15) is 27.7 Å². The lowest BCUT2D eigenvalue weighted by molar-refractivity contribution is -0.144. The van der Waals surface area contributed by atoms with E-state index in [0.717, 1.165) is 9.39 Å². The van der Waals surface area contributed by atoms with Gasteiger partial charge >= 0.3 is 6.18 Å². The lowest BCUT2D eigenvalue weighted by Crippen LogP contribution is -2.32. The molecular weight excluding hydrogens is 391 g/mol. The van der Waals surface area contributed by atoms with Gasteiger partial charge in [0.25, 0.3) is 11.6 Å². The molecule has 0 fully saturated rings. The molecule has 0 spiro atoms. The molecule has 0 aliphatic rings. The molecule has 0 saturated carbocycles. The number of halogens is 3. The molecule has 0 unspecified atom stereocenters. The van der Waals surface area contributed by atoms with Crippen molar-refractivity contribution in [2.75, 3.05) is 6.54 Å². The Morgan fingerprint density at radius 1 is 1.36 bits per heavy atom. The minimum Gasteiger partial charge on any atom is -0.334 e. The molecule has 0 aromatic carbocycles. The van der Waals surface area contributed by atoms with Gasteiger partial charge in [-0.25, -0.2) is 9.50 Å². The molecule has 1 amide bonds. The molecule has 0 aliphatic heterocycles. The molecule has 0 saturated heterocycles. The fourth-order valence-electron chi connectivity index (χ4n) is 2.85. The maximum atomic E-state index is 12.9. The van der Waals surface area contributed by atoms with Gasteiger partial charge in [-0.1, -0.05) is 12.1 Å². The van der Waals surface area contributed by atoms with Crippen LogP contribution in [0.3, 0.4) is 0 Å². The number of fused-ring (bicyclic) bond motifs is 1. The summed E-state index contributed by atoms with van der Waals surface area (Å²) in [6.07, 6.45) is -3.02. The fraction of sp³-hybridized carbons (Fsp3) is 0.333. The highest BCUT2D eigenvalue weighted by Gasteiger charge is 2.37. The Bertz CT molecular complexity index is 1010. The minimum atomic E-state index is -4.66. The summed E-state index contributed by atoms with van der Waals surface area (Å²) in [6.45, 7) is 7.75. The Morgan fingerprint density at radius 2 is 2.11 bits per heavy atom. The highest BCUT2D eigenvalue weighted by molar-refractivity contribution is 7.09. The fourth-order valence-corrected chi connectivity index (χ4v) is 3.57. The van der Waals surface area contributed by atoms with Crippen LogP contribution < -0.4 is 0 Å². The first-order chi connectivity index (χ1) is 13.2. The maximum absolute atomic E-state index is 12.9. The van der Waals surface area contributed by atoms with Crippen molar-refractivity contribution < 1.29 is 18.0 Å². The first-order valence-electron chi connectivity index (χ1n) is 8.41. The number of hydrogen-bond donors (Lipinski definition) is 0. The normalized spacial score (nSPS) is 11.8. The van der Waals surface area contributed by atoms with Crippen LogP contribution >= 0.6 is 11.3 Å². The van der Waals surface area contributed by atoms with Crippen LogP contribution in [0, 0.1) is 13.8 Å². The van der Waals surface area contributed by atoms with Crippen LogP contribution in [0.5, 0.6) is 0 Å². The minimum absolute atomic E-state index is 0.00102. The van der Waals surface area contributed by atoms with E-state index in [9.17, 15) is 18.0 Å². The van der Waals surface area contributed by atoms with E-state index < -0.39 is 12.0 Å². The lowest BCUT2D eigenvalue weighted by Gasteiger charge is -2.21. The molecule has 0 N–H and O–H groups in total. The molecule has 3 aromatic rings. The molecule has 3 heterocycles. The summed E-state index contributed by atoms with van der Waals surface area (Å²) < 4.78 is 39.8. The number of carbonyl (C=O) groups is 1. The van der Waals surface area contributed by atoms with Crippen molar-refractivity contribution >= 4 is 23.0 Å². The van der Waals surface area contributed by atoms with Crippen LogP contribution in [0.15, 0.2) is 30.2 Å². The van der Waals surface area contributed by atoms with E-state index in [2.05, 4.69) is 21.6 Å². The average molecular weight is 409 g/mol. The van der Waals surface area contributed by atoms with Crippen LogP contribution in [0.25, 0.3) is 5.78 Å². The van der Waals surface area contributed by atoms with Crippen molar-refractivity contribution in [2.24, 2.45) is 0 Å². The third-order valence-electron chi connectivity index (χ3n) is 4.26. The Balaban J connectivity index is 1.91. The van der Waals surface area contributed by atoms with Crippen LogP contribution in [0.4, 0.5) is 13.2 Å². The molecule has 0 bridgehead atoms. The first kappa shape index (κ1) is 20.0. The van der Waals surface area contributed by atoms with Crippen molar-refractivity contribution in [1.82, 2.24) is 24.5 Å². The van der Waals surface area contributed by atoms with Crippen molar-refractivity contribution in [2.45, 2.75) is 33.0 Å². The molecule has 0 radical (unpaired) electrons. The highest BCUT2D eigenvalue weighted by Crippen LogP contribution is 2.27. The van der Waals surface area contributed by atoms with Gasteiger partial charge < -0.3 is 4.90 Å². The van der Waals surface area contributed by atoms with E-state index in [1.165, 1.54) is 0 Å². The Morgan fingerprint density at radius 3 is 2.71 bits per heavy atom. The predicted octanol–water partition coefficient (Wildman–Crippen LogP) is 3.58. The van der Waals surface area contributed by atoms with E-state index in [4.69, 9.17) is 0 Å². The number of hydrogen-bond acceptors (Lipinski definition) is 5. The van der Waals surface area contributed by atoms with Gasteiger partial charge in [0.1, 0.15) is 0 Å². The number of amides is 1. The number of carbonyl (C=O) groups excluding carboxylic acids is 1. The summed E-state index contributed by atoms with van der Waals surface area (Å²) >= 11 is 1.54. The number of thiophene rings is 1. The zero-order chi connectivity index (χ0) is 20.5. The molecular formula is C18H18F3N5OS. The zero-order valence-electron chi connectivity index (χ0n) is 15.3. The zero-order valence-corrected chi connectivity index (χ0v) is 16.1. The van der Waals surface area contributed by atoms with Crippen molar-refractivity contribution in [1.29, 1.82) is 0 Å². The summed E-state index contributed by atoms with van der Waals surface area (Å²) in [6, 6.07) is 3.85. The molecule has 28 heavy (non-hydrogen) atoms. The second-order valence-electron chi connectivity index (χ2n) is 6.23. The standard InChI is InChI=1S/C18H18F3N5OS/c1-4-7-25(10-13-6-5-8-28-13)15(27)9-14-11(2)22-17-23-16(18(19,20)21)24-26(17)12(14)3/h4-6,8H,1,7,9-10H2,2-3H3. The van der Waals surface area contributed by atoms with Gasteiger partial charge in [-0.3, -0.25) is 4.79 Å². The molecule has 6 nitrogen and oxygen atoms in total. The van der Waals surface area contributed by atoms with Gasteiger partial charge in [0.2, 0.25) is 5.91 Å². The number of alkyl halides is 3. The van der Waals surface area contributed by atoms with Gasteiger partial charge in [0.15, 0.2) is 0 Å². The first-order valence-corrected chi connectivity index (χ1v) is 9.29. The largest absolute Gasteiger partial charge is 0.453 e. The number of aryl methyl sites for hydroxylation is 2. The van der Waals surface area contributed by atoms with Crippen molar-refractivity contribution in [3.05, 3.63) is 57.8 Å². The Labute approximate surface area is 163 Å². The van der Waals surface area contributed by atoms with Crippen molar-refractivity contribution in [3.8, 4) is 0 Å². The van der Waals surface area contributed by atoms with Crippen LogP contribution in [-0.2, 0) is 23.9 Å². The third kappa shape index (κ3) is 4.06. The average Bonchev–Trinajstić information content (AvgIpc) is 3.27. The molecule has 0 atom stereocenters. The second kappa shape index (κ2) is 7.70. The van der Waals surface area contributed by atoms with Crippen LogP contribution in [0.2, 0.25) is 0 Å². The van der Waals surface area contributed by atoms with Gasteiger partial charge in [-0.15, -0.1) is 23.0 Å². The van der Waals surface area contributed by atoms with Gasteiger partial charge in [0.05, 0.1) is 13.0 Å². The smallest absolute Gasteiger partial charge is 0.334 e. The molecule has 148 valence electrons. The topological polar surface area (TPSA) is 63.4 Å². The lowest BCUT2D eigenvalue weighted by atomic mass is 10.1.